The Morgan fingerprint density at radius 2 is 2.17 bits per heavy atom. The Morgan fingerprint density at radius 3 is 2.67 bits per heavy atom. The maximum atomic E-state index is 12.1. The number of rotatable bonds is 2. The van der Waals surface area contributed by atoms with Gasteiger partial charge in [0.2, 0.25) is 17.8 Å². The lowest BCUT2D eigenvalue weighted by Crippen LogP contribution is -2.41. The van der Waals surface area contributed by atoms with Gasteiger partial charge in [-0.05, 0) is 25.2 Å². The third-order valence-electron chi connectivity index (χ3n) is 3.59. The van der Waals surface area contributed by atoms with Crippen LogP contribution in [0.2, 0.25) is 0 Å². The van der Waals surface area contributed by atoms with Crippen LogP contribution in [0, 0.1) is 17.3 Å². The molecule has 1 saturated carbocycles. The molecule has 0 aromatic rings. The molecule has 1 aliphatic heterocycles. The minimum absolute atomic E-state index is 0.0233. The number of carbonyl (C=O) groups excluding carboxylic acids is 2. The van der Waals surface area contributed by atoms with E-state index in [9.17, 15) is 9.59 Å². The summed E-state index contributed by atoms with van der Waals surface area (Å²) in [5, 5.41) is 5.19. The second kappa shape index (κ2) is 4.23. The largest absolute Gasteiger partial charge is 0.296 e. The van der Waals surface area contributed by atoms with Crippen molar-refractivity contribution in [2.24, 2.45) is 22.2 Å². The quantitative estimate of drug-likeness (QED) is 0.711. The minimum atomic E-state index is -0.179. The van der Waals surface area contributed by atoms with Gasteiger partial charge in [0, 0.05) is 0 Å². The molecule has 0 aromatic heterocycles. The van der Waals surface area contributed by atoms with Crippen molar-refractivity contribution in [1.82, 2.24) is 10.6 Å². The molecule has 1 aliphatic carbocycles. The Balaban J connectivity index is 1.99. The maximum Gasteiger partial charge on any atom is 0.248 e. The molecule has 0 radical (unpaired) electrons. The van der Waals surface area contributed by atoms with Crippen LogP contribution in [-0.2, 0) is 9.59 Å². The average Bonchev–Trinajstić information content (AvgIpc) is 2.56. The lowest BCUT2D eigenvalue weighted by molar-refractivity contribution is -0.121. The predicted octanol–water partition coefficient (Wildman–Crippen LogP) is 0.827. The number of allylic oxidation sites excluding steroid dienone is 2. The molecule has 0 bridgehead atoms. The second-order valence-electron chi connectivity index (χ2n) is 5.77. The van der Waals surface area contributed by atoms with Gasteiger partial charge in [-0.1, -0.05) is 25.5 Å². The third-order valence-corrected chi connectivity index (χ3v) is 3.59. The molecular formula is C13H19N3O2. The second-order valence-corrected chi connectivity index (χ2v) is 5.77. The van der Waals surface area contributed by atoms with Crippen LogP contribution >= 0.6 is 0 Å². The summed E-state index contributed by atoms with van der Waals surface area (Å²) in [4.78, 5) is 27.0. The zero-order valence-electron chi connectivity index (χ0n) is 11.2. The smallest absolute Gasteiger partial charge is 0.248 e. The molecule has 2 N–H and O–H groups in total. The van der Waals surface area contributed by atoms with E-state index in [1.54, 1.807) is 0 Å². The summed E-state index contributed by atoms with van der Waals surface area (Å²) >= 11 is 0. The van der Waals surface area contributed by atoms with Crippen LogP contribution < -0.4 is 10.6 Å². The van der Waals surface area contributed by atoms with Crippen molar-refractivity contribution in [3.8, 4) is 0 Å². The van der Waals surface area contributed by atoms with Crippen molar-refractivity contribution >= 4 is 17.8 Å². The number of carbonyl (C=O) groups is 2. The molecule has 1 fully saturated rings. The standard InChI is InChI=1S/C13H19N3O2/c1-7(2)5-8-10(13(8,3)4)11(18)16-12-14-6-9(17)15-12/h5,8,10H,6H2,1-4H3,(H2,14,15,16,17,18). The Bertz CT molecular complexity index is 459. The fourth-order valence-electron chi connectivity index (χ4n) is 2.48. The number of hydrogen-bond donors (Lipinski definition) is 2. The Morgan fingerprint density at radius 1 is 1.50 bits per heavy atom. The van der Waals surface area contributed by atoms with Crippen molar-refractivity contribution in [2.75, 3.05) is 6.54 Å². The number of hydrogen-bond acceptors (Lipinski definition) is 3. The maximum absolute atomic E-state index is 12.1. The first-order valence-electron chi connectivity index (χ1n) is 6.12. The lowest BCUT2D eigenvalue weighted by Gasteiger charge is -2.05. The molecule has 0 spiro atoms. The first-order chi connectivity index (χ1) is 8.32. The van der Waals surface area contributed by atoms with E-state index in [1.165, 1.54) is 5.57 Å². The zero-order valence-corrected chi connectivity index (χ0v) is 11.2. The number of aliphatic imine (C=N–C) groups is 1. The van der Waals surface area contributed by atoms with E-state index in [0.717, 1.165) is 0 Å². The molecule has 2 atom stereocenters. The van der Waals surface area contributed by atoms with Gasteiger partial charge in [0.1, 0.15) is 6.54 Å². The average molecular weight is 249 g/mol. The van der Waals surface area contributed by atoms with E-state index >= 15 is 0 Å². The molecule has 0 aromatic carbocycles. The third kappa shape index (κ3) is 2.30. The zero-order chi connectivity index (χ0) is 13.5. The molecule has 98 valence electrons. The van der Waals surface area contributed by atoms with Crippen LogP contribution in [-0.4, -0.2) is 24.3 Å². The highest BCUT2D eigenvalue weighted by Crippen LogP contribution is 2.59. The van der Waals surface area contributed by atoms with Crippen LogP contribution in [0.1, 0.15) is 27.7 Å². The van der Waals surface area contributed by atoms with Gasteiger partial charge < -0.3 is 0 Å². The Labute approximate surface area is 107 Å². The summed E-state index contributed by atoms with van der Waals surface area (Å²) in [6.45, 7) is 8.32. The molecule has 5 nitrogen and oxygen atoms in total. The van der Waals surface area contributed by atoms with Crippen LogP contribution in [0.5, 0.6) is 0 Å². The highest BCUT2D eigenvalue weighted by molar-refractivity contribution is 6.09. The summed E-state index contributed by atoms with van der Waals surface area (Å²) in [6.07, 6.45) is 2.14. The van der Waals surface area contributed by atoms with Crippen molar-refractivity contribution in [3.63, 3.8) is 0 Å². The number of nitrogens with zero attached hydrogens (tertiary/aromatic N) is 1. The highest BCUT2D eigenvalue weighted by Gasteiger charge is 2.60. The fraction of sp³-hybridized carbons (Fsp3) is 0.615. The van der Waals surface area contributed by atoms with Gasteiger partial charge in [-0.3, -0.25) is 20.2 Å². The molecule has 2 aliphatic rings. The molecule has 2 amide bonds. The summed E-state index contributed by atoms with van der Waals surface area (Å²) < 4.78 is 0. The molecule has 5 heteroatoms. The van der Waals surface area contributed by atoms with Gasteiger partial charge in [0.15, 0.2) is 0 Å². The Hall–Kier alpha value is -1.65. The van der Waals surface area contributed by atoms with Gasteiger partial charge in [-0.25, -0.2) is 4.99 Å². The lowest BCUT2D eigenvalue weighted by atomic mass is 10.1. The van der Waals surface area contributed by atoms with Crippen molar-refractivity contribution < 1.29 is 9.59 Å². The van der Waals surface area contributed by atoms with Crippen LogP contribution in [0.25, 0.3) is 0 Å². The van der Waals surface area contributed by atoms with E-state index in [0.29, 0.717) is 0 Å². The van der Waals surface area contributed by atoms with E-state index in [4.69, 9.17) is 0 Å². The molecule has 18 heavy (non-hydrogen) atoms. The fourth-order valence-corrected chi connectivity index (χ4v) is 2.48. The monoisotopic (exact) mass is 249 g/mol. The minimum Gasteiger partial charge on any atom is -0.296 e. The molecule has 2 unspecified atom stereocenters. The summed E-state index contributed by atoms with van der Waals surface area (Å²) in [5.41, 5.74) is 1.19. The first kappa shape index (κ1) is 12.8. The predicted molar refractivity (Wildman–Crippen MR) is 68.8 cm³/mol. The number of nitrogens with one attached hydrogen (secondary N) is 2. The first-order valence-corrected chi connectivity index (χ1v) is 6.12. The Kier molecular flexibility index (Phi) is 3.00. The SMILES string of the molecule is CC(C)=CC1C(C(=O)NC2=NCC(=O)N2)C1(C)C. The van der Waals surface area contributed by atoms with E-state index in [2.05, 4.69) is 35.5 Å². The van der Waals surface area contributed by atoms with Crippen LogP contribution in [0.3, 0.4) is 0 Å². The van der Waals surface area contributed by atoms with Gasteiger partial charge in [-0.2, -0.15) is 0 Å². The van der Waals surface area contributed by atoms with Gasteiger partial charge >= 0.3 is 0 Å². The summed E-state index contributed by atoms with van der Waals surface area (Å²) in [6, 6.07) is 0. The topological polar surface area (TPSA) is 70.6 Å². The van der Waals surface area contributed by atoms with Crippen LogP contribution in [0.15, 0.2) is 16.6 Å². The van der Waals surface area contributed by atoms with Gasteiger partial charge in [0.05, 0.1) is 5.92 Å². The normalized spacial score (nSPS) is 28.2. The van der Waals surface area contributed by atoms with Gasteiger partial charge in [0.25, 0.3) is 0 Å². The number of guanidine groups is 1. The van der Waals surface area contributed by atoms with E-state index in [1.807, 2.05) is 13.8 Å². The van der Waals surface area contributed by atoms with Crippen molar-refractivity contribution in [3.05, 3.63) is 11.6 Å². The number of amides is 2. The summed E-state index contributed by atoms with van der Waals surface area (Å²) in [5.74, 6) is 0.251. The van der Waals surface area contributed by atoms with Gasteiger partial charge in [-0.15, -0.1) is 0 Å². The van der Waals surface area contributed by atoms with Crippen molar-refractivity contribution in [2.45, 2.75) is 27.7 Å². The molecular weight excluding hydrogens is 230 g/mol. The summed E-state index contributed by atoms with van der Waals surface area (Å²) in [7, 11) is 0. The molecule has 2 rings (SSSR count). The molecule has 1 heterocycles. The van der Waals surface area contributed by atoms with E-state index in [-0.39, 0.29) is 41.6 Å². The van der Waals surface area contributed by atoms with Crippen LogP contribution in [0.4, 0.5) is 0 Å². The van der Waals surface area contributed by atoms with E-state index < -0.39 is 0 Å². The van der Waals surface area contributed by atoms with Crippen molar-refractivity contribution in [1.29, 1.82) is 0 Å². The molecule has 0 saturated heterocycles. The highest BCUT2D eigenvalue weighted by atomic mass is 16.2.